The molecule has 1 aliphatic carbocycles. The Labute approximate surface area is 202 Å². The molecule has 0 fully saturated rings. The Balaban J connectivity index is 1.70. The summed E-state index contributed by atoms with van der Waals surface area (Å²) >= 11 is 3.16. The molecule has 0 saturated carbocycles. The number of carbonyl (C=O) groups is 1. The van der Waals surface area contributed by atoms with Crippen molar-refractivity contribution in [3.05, 3.63) is 94.4 Å². The van der Waals surface area contributed by atoms with Gasteiger partial charge < -0.3 is 15.3 Å². The van der Waals surface area contributed by atoms with Crippen molar-refractivity contribution in [1.29, 1.82) is 0 Å². The van der Waals surface area contributed by atoms with Gasteiger partial charge in [0.25, 0.3) is 5.91 Å². The van der Waals surface area contributed by atoms with Gasteiger partial charge in [-0.3, -0.25) is 4.79 Å². The van der Waals surface area contributed by atoms with Crippen LogP contribution >= 0.6 is 23.1 Å². The highest BCUT2D eigenvalue weighted by Gasteiger charge is 2.33. The van der Waals surface area contributed by atoms with Gasteiger partial charge in [0.1, 0.15) is 5.75 Å². The van der Waals surface area contributed by atoms with Crippen LogP contribution in [0.15, 0.2) is 76.6 Å². The third kappa shape index (κ3) is 5.15. The van der Waals surface area contributed by atoms with Crippen molar-refractivity contribution in [1.82, 2.24) is 5.32 Å². The molecule has 0 saturated heterocycles. The summed E-state index contributed by atoms with van der Waals surface area (Å²) in [4.78, 5) is 13.7. The second kappa shape index (κ2) is 10.7. The van der Waals surface area contributed by atoms with E-state index in [1.807, 2.05) is 42.5 Å². The van der Waals surface area contributed by atoms with E-state index in [1.54, 1.807) is 24.9 Å². The molecule has 0 radical (unpaired) electrons. The van der Waals surface area contributed by atoms with E-state index in [-0.39, 0.29) is 11.8 Å². The van der Waals surface area contributed by atoms with Gasteiger partial charge in [0.2, 0.25) is 0 Å². The summed E-state index contributed by atoms with van der Waals surface area (Å²) in [5.74, 6) is 1.57. The van der Waals surface area contributed by atoms with Crippen molar-refractivity contribution < 1.29 is 14.7 Å². The minimum absolute atomic E-state index is 0.113. The molecule has 0 aliphatic heterocycles. The molecule has 1 amide bonds. The summed E-state index contributed by atoms with van der Waals surface area (Å²) in [7, 11) is 1.65. The summed E-state index contributed by atoms with van der Waals surface area (Å²) in [5, 5.41) is 16.5. The Morgan fingerprint density at radius 2 is 2.00 bits per heavy atom. The monoisotopic (exact) mass is 478 g/mol. The predicted molar refractivity (Wildman–Crippen MR) is 135 cm³/mol. The van der Waals surface area contributed by atoms with Gasteiger partial charge in [-0.1, -0.05) is 53.7 Å². The molecule has 2 N–H and O–H groups in total. The summed E-state index contributed by atoms with van der Waals surface area (Å²) in [6, 6.07) is 18.2. The quantitative estimate of drug-likeness (QED) is 0.184. The number of oxime groups is 1. The molecule has 2 aromatic carbocycles. The Morgan fingerprint density at radius 1 is 1.24 bits per heavy atom. The Kier molecular flexibility index (Phi) is 7.52. The third-order valence-corrected chi connectivity index (χ3v) is 8.26. The lowest BCUT2D eigenvalue weighted by atomic mass is 9.80. The number of nitrogens with one attached hydrogen (secondary N) is 1. The van der Waals surface area contributed by atoms with Gasteiger partial charge in [-0.15, -0.1) is 29.7 Å². The molecule has 7 heteroatoms. The average molecular weight is 479 g/mol. The van der Waals surface area contributed by atoms with E-state index in [0.717, 1.165) is 32.4 Å². The lowest BCUT2D eigenvalue weighted by Crippen LogP contribution is -2.26. The number of fused-ring (bicyclic) bond motifs is 1. The van der Waals surface area contributed by atoms with Crippen LogP contribution in [0.3, 0.4) is 0 Å². The van der Waals surface area contributed by atoms with Gasteiger partial charge in [-0.2, -0.15) is 0 Å². The molecule has 0 spiro atoms. The highest BCUT2D eigenvalue weighted by molar-refractivity contribution is 8.00. The number of thioether (sulfide) groups is 1. The molecule has 170 valence electrons. The zero-order valence-electron chi connectivity index (χ0n) is 18.4. The lowest BCUT2D eigenvalue weighted by Gasteiger charge is -2.25. The first kappa shape index (κ1) is 23.1. The van der Waals surface area contributed by atoms with Crippen molar-refractivity contribution in [3.8, 4) is 5.75 Å². The first-order valence-corrected chi connectivity index (χ1v) is 12.5. The molecule has 1 aromatic heterocycles. The number of methoxy groups -OCH3 is 1. The highest BCUT2D eigenvalue weighted by Crippen LogP contribution is 2.45. The maximum absolute atomic E-state index is 13.0. The van der Waals surface area contributed by atoms with Crippen LogP contribution in [0.2, 0.25) is 0 Å². The first-order chi connectivity index (χ1) is 16.1. The molecule has 4 rings (SSSR count). The number of ether oxygens (including phenoxy) is 1. The molecule has 1 unspecified atom stereocenters. The van der Waals surface area contributed by atoms with Gasteiger partial charge in [0, 0.05) is 24.3 Å². The van der Waals surface area contributed by atoms with Gasteiger partial charge in [-0.25, -0.2) is 0 Å². The minimum atomic E-state index is -0.115. The second-order valence-electron chi connectivity index (χ2n) is 7.77. The van der Waals surface area contributed by atoms with E-state index >= 15 is 0 Å². The standard InChI is InChI=1S/C26H26N2O3S2/c1-3-13-27-25(29)24-21-14-19(18-9-11-20(31-2)12-10-18)15-22(28-30)23(21)26(33-24)32-16-17-7-5-4-6-8-17/h3-12,19,30H,1,13-16H2,2H3,(H,27,29)/b28-22+. The van der Waals surface area contributed by atoms with Crippen LogP contribution in [-0.4, -0.2) is 30.5 Å². The van der Waals surface area contributed by atoms with E-state index in [4.69, 9.17) is 4.74 Å². The third-order valence-electron chi connectivity index (χ3n) is 5.69. The number of carbonyl (C=O) groups excluding carboxylic acids is 1. The van der Waals surface area contributed by atoms with Crippen molar-refractivity contribution in [3.63, 3.8) is 0 Å². The highest BCUT2D eigenvalue weighted by atomic mass is 32.2. The second-order valence-corrected chi connectivity index (χ2v) is 10.0. The molecule has 1 aliphatic rings. The molecular weight excluding hydrogens is 452 g/mol. The van der Waals surface area contributed by atoms with Crippen LogP contribution in [0.1, 0.15) is 44.3 Å². The van der Waals surface area contributed by atoms with Gasteiger partial charge >= 0.3 is 0 Å². The summed E-state index contributed by atoms with van der Waals surface area (Å²) in [6.07, 6.45) is 2.99. The number of hydrogen-bond donors (Lipinski definition) is 2. The number of nitrogens with zero attached hydrogens (tertiary/aromatic N) is 1. The van der Waals surface area contributed by atoms with Gasteiger partial charge in [0.15, 0.2) is 0 Å². The molecule has 1 heterocycles. The van der Waals surface area contributed by atoms with Crippen LogP contribution < -0.4 is 10.1 Å². The van der Waals surface area contributed by atoms with E-state index in [9.17, 15) is 10.0 Å². The van der Waals surface area contributed by atoms with Crippen LogP contribution in [-0.2, 0) is 12.2 Å². The van der Waals surface area contributed by atoms with Crippen LogP contribution in [0.5, 0.6) is 5.75 Å². The van der Waals surface area contributed by atoms with Crippen molar-refractivity contribution in [2.24, 2.45) is 5.16 Å². The molecule has 5 nitrogen and oxygen atoms in total. The van der Waals surface area contributed by atoms with Gasteiger partial charge in [-0.05, 0) is 41.2 Å². The van der Waals surface area contributed by atoms with Crippen LogP contribution in [0, 0.1) is 0 Å². The van der Waals surface area contributed by atoms with E-state index in [0.29, 0.717) is 30.0 Å². The summed E-state index contributed by atoms with van der Waals surface area (Å²) in [6.45, 7) is 4.10. The number of hydrogen-bond acceptors (Lipinski definition) is 6. The van der Waals surface area contributed by atoms with Gasteiger partial charge in [0.05, 0.1) is 21.9 Å². The molecule has 3 aromatic rings. The topological polar surface area (TPSA) is 70.9 Å². The van der Waals surface area contributed by atoms with Crippen molar-refractivity contribution in [2.75, 3.05) is 13.7 Å². The summed E-state index contributed by atoms with van der Waals surface area (Å²) < 4.78 is 6.30. The predicted octanol–water partition coefficient (Wildman–Crippen LogP) is 5.87. The molecule has 0 bridgehead atoms. The SMILES string of the molecule is C=CCNC(=O)c1sc(SCc2ccccc2)c2c1CC(c1ccc(OC)cc1)C/C2=N\O. The Hall–Kier alpha value is -3.03. The van der Waals surface area contributed by atoms with Crippen molar-refractivity contribution in [2.45, 2.75) is 28.7 Å². The zero-order chi connectivity index (χ0) is 23.2. The normalized spacial score (nSPS) is 16.3. The zero-order valence-corrected chi connectivity index (χ0v) is 20.0. The Morgan fingerprint density at radius 3 is 2.67 bits per heavy atom. The number of rotatable bonds is 8. The minimum Gasteiger partial charge on any atom is -0.497 e. The fourth-order valence-corrected chi connectivity index (χ4v) is 6.58. The number of thiophene rings is 1. The first-order valence-electron chi connectivity index (χ1n) is 10.7. The fraction of sp³-hybridized carbons (Fsp3) is 0.231. The van der Waals surface area contributed by atoms with Crippen LogP contribution in [0.4, 0.5) is 0 Å². The smallest absolute Gasteiger partial charge is 0.261 e. The average Bonchev–Trinajstić information content (AvgIpc) is 3.25. The summed E-state index contributed by atoms with van der Waals surface area (Å²) in [5.41, 5.74) is 4.84. The van der Waals surface area contributed by atoms with Crippen LogP contribution in [0.25, 0.3) is 0 Å². The van der Waals surface area contributed by atoms with Crippen molar-refractivity contribution >= 4 is 34.7 Å². The molecule has 33 heavy (non-hydrogen) atoms. The lowest BCUT2D eigenvalue weighted by molar-refractivity contribution is 0.0961. The maximum Gasteiger partial charge on any atom is 0.261 e. The fourth-order valence-electron chi connectivity index (χ4n) is 4.04. The number of benzene rings is 2. The largest absolute Gasteiger partial charge is 0.497 e. The maximum atomic E-state index is 13.0. The van der Waals surface area contributed by atoms with E-state index in [1.165, 1.54) is 16.9 Å². The molecule has 1 atom stereocenters. The van der Waals surface area contributed by atoms with E-state index in [2.05, 4.69) is 29.2 Å². The molecular formula is C26H26N2O3S2. The Bertz CT molecular complexity index is 1150. The van der Waals surface area contributed by atoms with E-state index < -0.39 is 0 Å². The number of amides is 1.